The molecular formula is C28H30N4O4. The van der Waals surface area contributed by atoms with Crippen LogP contribution in [0.15, 0.2) is 55.0 Å². The first-order valence-corrected chi connectivity index (χ1v) is 12.4. The van der Waals surface area contributed by atoms with Crippen LogP contribution in [0.4, 0.5) is 5.69 Å². The van der Waals surface area contributed by atoms with Crippen LogP contribution in [0.2, 0.25) is 0 Å². The molecule has 0 spiro atoms. The fourth-order valence-corrected chi connectivity index (χ4v) is 5.11. The average molecular weight is 487 g/mol. The van der Waals surface area contributed by atoms with Crippen molar-refractivity contribution in [2.75, 3.05) is 45.4 Å². The molecule has 5 heterocycles. The van der Waals surface area contributed by atoms with Crippen molar-refractivity contribution in [1.82, 2.24) is 14.6 Å². The molecule has 4 aromatic rings. The molecule has 0 N–H and O–H groups in total. The van der Waals surface area contributed by atoms with Crippen LogP contribution in [0.3, 0.4) is 0 Å². The molecule has 0 saturated carbocycles. The number of pyridine rings is 2. The number of fused-ring (bicyclic) bond motifs is 2. The Morgan fingerprint density at radius 2 is 1.92 bits per heavy atom. The molecule has 0 amide bonds. The number of rotatable bonds is 6. The minimum absolute atomic E-state index is 0.0593. The smallest absolute Gasteiger partial charge is 0.212 e. The van der Waals surface area contributed by atoms with E-state index >= 15 is 0 Å². The molecule has 1 fully saturated rings. The monoisotopic (exact) mass is 486 g/mol. The third-order valence-corrected chi connectivity index (χ3v) is 7.04. The van der Waals surface area contributed by atoms with E-state index in [2.05, 4.69) is 45.4 Å². The van der Waals surface area contributed by atoms with Crippen LogP contribution in [0.5, 0.6) is 17.4 Å². The van der Waals surface area contributed by atoms with Gasteiger partial charge in [0.15, 0.2) is 11.5 Å². The van der Waals surface area contributed by atoms with Crippen molar-refractivity contribution in [3.05, 3.63) is 77.2 Å². The van der Waals surface area contributed by atoms with Gasteiger partial charge in [0.25, 0.3) is 0 Å². The van der Waals surface area contributed by atoms with Crippen molar-refractivity contribution in [2.24, 2.45) is 0 Å². The summed E-state index contributed by atoms with van der Waals surface area (Å²) in [5.74, 6) is 2.19. The van der Waals surface area contributed by atoms with E-state index in [0.717, 1.165) is 68.1 Å². The lowest BCUT2D eigenvalue weighted by molar-refractivity contribution is 0.122. The van der Waals surface area contributed by atoms with E-state index in [1.54, 1.807) is 14.2 Å². The number of ether oxygens (including phenoxy) is 4. The maximum Gasteiger partial charge on any atom is 0.212 e. The SMILES string of the molecule is COc1ccc(C2CCc3cc(Cc4cnn5cc(N6CCOCC6)ccc45)cc(OC)c3O2)cn1. The van der Waals surface area contributed by atoms with Gasteiger partial charge in [0.2, 0.25) is 5.88 Å². The van der Waals surface area contributed by atoms with E-state index in [1.165, 1.54) is 22.4 Å². The van der Waals surface area contributed by atoms with Gasteiger partial charge in [-0.15, -0.1) is 0 Å². The number of nitrogens with zero attached hydrogens (tertiary/aromatic N) is 4. The van der Waals surface area contributed by atoms with Crippen molar-refractivity contribution in [2.45, 2.75) is 25.4 Å². The highest BCUT2D eigenvalue weighted by Gasteiger charge is 2.26. The first-order chi connectivity index (χ1) is 17.7. The molecule has 1 aromatic carbocycles. The van der Waals surface area contributed by atoms with E-state index in [9.17, 15) is 0 Å². The molecule has 1 atom stereocenters. The third kappa shape index (κ3) is 4.33. The van der Waals surface area contributed by atoms with Crippen LogP contribution in [-0.2, 0) is 17.6 Å². The maximum atomic E-state index is 6.41. The molecule has 8 nitrogen and oxygen atoms in total. The average Bonchev–Trinajstić information content (AvgIpc) is 3.34. The molecule has 2 aliphatic heterocycles. The van der Waals surface area contributed by atoms with E-state index < -0.39 is 0 Å². The van der Waals surface area contributed by atoms with Gasteiger partial charge in [-0.2, -0.15) is 5.10 Å². The highest BCUT2D eigenvalue weighted by atomic mass is 16.5. The summed E-state index contributed by atoms with van der Waals surface area (Å²) in [6, 6.07) is 12.6. The van der Waals surface area contributed by atoms with Gasteiger partial charge in [-0.25, -0.2) is 9.50 Å². The number of anilines is 1. The lowest BCUT2D eigenvalue weighted by Gasteiger charge is -2.28. The van der Waals surface area contributed by atoms with Gasteiger partial charge in [-0.1, -0.05) is 6.07 Å². The summed E-state index contributed by atoms with van der Waals surface area (Å²) < 4.78 is 24.8. The molecule has 0 bridgehead atoms. The molecule has 0 aliphatic carbocycles. The normalized spacial score (nSPS) is 17.5. The van der Waals surface area contributed by atoms with E-state index in [-0.39, 0.29) is 6.10 Å². The van der Waals surface area contributed by atoms with Gasteiger partial charge in [0, 0.05) is 42.9 Å². The zero-order chi connectivity index (χ0) is 24.5. The zero-order valence-electron chi connectivity index (χ0n) is 20.6. The number of aryl methyl sites for hydroxylation is 1. The molecule has 2 aliphatic rings. The van der Waals surface area contributed by atoms with Crippen molar-refractivity contribution in [3.63, 3.8) is 0 Å². The standard InChI is InChI=1S/C28H30N4O4/c1-33-26-15-19(13-20-3-7-25(36-28(20)26)21-4-8-27(34-2)29-16-21)14-22-17-30-32-18-23(5-6-24(22)32)31-9-11-35-12-10-31/h4-6,8,13,15-18,25H,3,7,9-12,14H2,1-2H3. The fraction of sp³-hybridized carbons (Fsp3) is 0.357. The molecule has 1 saturated heterocycles. The number of methoxy groups -OCH3 is 2. The highest BCUT2D eigenvalue weighted by Crippen LogP contribution is 2.42. The van der Waals surface area contributed by atoms with Crippen LogP contribution in [0.25, 0.3) is 5.52 Å². The first-order valence-electron chi connectivity index (χ1n) is 12.4. The molecule has 1 unspecified atom stereocenters. The minimum atomic E-state index is -0.0593. The maximum absolute atomic E-state index is 6.41. The molecule has 0 radical (unpaired) electrons. The Morgan fingerprint density at radius 1 is 1.03 bits per heavy atom. The van der Waals surface area contributed by atoms with Gasteiger partial charge >= 0.3 is 0 Å². The van der Waals surface area contributed by atoms with Gasteiger partial charge in [0.05, 0.1) is 51.0 Å². The number of morpholine rings is 1. The lowest BCUT2D eigenvalue weighted by atomic mass is 9.95. The van der Waals surface area contributed by atoms with Gasteiger partial charge in [0.1, 0.15) is 6.10 Å². The molecular weight excluding hydrogens is 456 g/mol. The minimum Gasteiger partial charge on any atom is -0.493 e. The predicted molar refractivity (Wildman–Crippen MR) is 137 cm³/mol. The third-order valence-electron chi connectivity index (χ3n) is 7.04. The van der Waals surface area contributed by atoms with Gasteiger partial charge < -0.3 is 23.8 Å². The molecule has 6 rings (SSSR count). The Morgan fingerprint density at radius 3 is 2.69 bits per heavy atom. The summed E-state index contributed by atoms with van der Waals surface area (Å²) in [5.41, 5.74) is 6.88. The van der Waals surface area contributed by atoms with Crippen LogP contribution in [0.1, 0.15) is 34.8 Å². The van der Waals surface area contributed by atoms with Gasteiger partial charge in [-0.3, -0.25) is 0 Å². The summed E-state index contributed by atoms with van der Waals surface area (Å²) in [4.78, 5) is 6.68. The second-order valence-corrected chi connectivity index (χ2v) is 9.23. The molecule has 8 heteroatoms. The summed E-state index contributed by atoms with van der Waals surface area (Å²) in [5, 5.41) is 4.64. The van der Waals surface area contributed by atoms with Crippen molar-refractivity contribution in [3.8, 4) is 17.4 Å². The number of hydrogen-bond acceptors (Lipinski definition) is 7. The molecule has 3 aromatic heterocycles. The van der Waals surface area contributed by atoms with Crippen molar-refractivity contribution >= 4 is 11.2 Å². The Bertz CT molecular complexity index is 1340. The van der Waals surface area contributed by atoms with Crippen LogP contribution < -0.4 is 19.1 Å². The Labute approximate surface area is 210 Å². The first kappa shape index (κ1) is 22.7. The number of hydrogen-bond donors (Lipinski definition) is 0. The fourth-order valence-electron chi connectivity index (χ4n) is 5.11. The van der Waals surface area contributed by atoms with E-state index in [1.807, 2.05) is 29.0 Å². The highest BCUT2D eigenvalue weighted by molar-refractivity contribution is 5.61. The second kappa shape index (κ2) is 9.70. The van der Waals surface area contributed by atoms with Crippen LogP contribution in [-0.4, -0.2) is 55.1 Å². The van der Waals surface area contributed by atoms with Crippen LogP contribution in [0, 0.1) is 0 Å². The summed E-state index contributed by atoms with van der Waals surface area (Å²) in [6.07, 6.45) is 8.41. The van der Waals surface area contributed by atoms with Crippen molar-refractivity contribution < 1.29 is 18.9 Å². The zero-order valence-corrected chi connectivity index (χ0v) is 20.6. The number of benzene rings is 1. The molecule has 186 valence electrons. The van der Waals surface area contributed by atoms with E-state index in [4.69, 9.17) is 18.9 Å². The Hall–Kier alpha value is -3.78. The van der Waals surface area contributed by atoms with Crippen LogP contribution >= 0.6 is 0 Å². The topological polar surface area (TPSA) is 70.4 Å². The molecule has 36 heavy (non-hydrogen) atoms. The summed E-state index contributed by atoms with van der Waals surface area (Å²) in [6.45, 7) is 3.35. The van der Waals surface area contributed by atoms with Gasteiger partial charge in [-0.05, 0) is 48.2 Å². The summed E-state index contributed by atoms with van der Waals surface area (Å²) >= 11 is 0. The lowest BCUT2D eigenvalue weighted by Crippen LogP contribution is -2.36. The largest absolute Gasteiger partial charge is 0.493 e. The number of aromatic nitrogens is 3. The Kier molecular flexibility index (Phi) is 6.11. The summed E-state index contributed by atoms with van der Waals surface area (Å²) in [7, 11) is 3.32. The Balaban J connectivity index is 1.23. The predicted octanol–water partition coefficient (Wildman–Crippen LogP) is 4.24. The van der Waals surface area contributed by atoms with Crippen molar-refractivity contribution in [1.29, 1.82) is 0 Å². The quantitative estimate of drug-likeness (QED) is 0.404. The second-order valence-electron chi connectivity index (χ2n) is 9.23. The van der Waals surface area contributed by atoms with E-state index in [0.29, 0.717) is 5.88 Å².